The summed E-state index contributed by atoms with van der Waals surface area (Å²) >= 11 is 0. The van der Waals surface area contributed by atoms with Crippen molar-refractivity contribution in [3.8, 4) is 11.5 Å². The van der Waals surface area contributed by atoms with Crippen LogP contribution in [-0.4, -0.2) is 30.5 Å². The summed E-state index contributed by atoms with van der Waals surface area (Å²) in [5.41, 5.74) is -0.0323. The van der Waals surface area contributed by atoms with E-state index in [1.54, 1.807) is 12.1 Å². The summed E-state index contributed by atoms with van der Waals surface area (Å²) in [4.78, 5) is 0. The van der Waals surface area contributed by atoms with Gasteiger partial charge in [-0.15, -0.1) is 0 Å². The highest BCUT2D eigenvalue weighted by atomic mass is 19.4. The number of rotatable bonds is 8. The second-order valence-corrected chi connectivity index (χ2v) is 6.06. The third-order valence-corrected chi connectivity index (χ3v) is 4.25. The van der Waals surface area contributed by atoms with Crippen LogP contribution in [0.4, 0.5) is 13.2 Å². The predicted octanol–water partition coefficient (Wildman–Crippen LogP) is 3.17. The molecule has 0 bridgehead atoms. The molecule has 0 aliphatic heterocycles. The molecule has 0 radical (unpaired) electrons. The zero-order valence-electron chi connectivity index (χ0n) is 15.3. The summed E-state index contributed by atoms with van der Waals surface area (Å²) in [5.74, 6) is 1.16. The summed E-state index contributed by atoms with van der Waals surface area (Å²) in [6.45, 7) is 0.157. The minimum atomic E-state index is -4.52. The average Bonchev–Trinajstić information content (AvgIpc) is 2.64. The van der Waals surface area contributed by atoms with Gasteiger partial charge in [-0.1, -0.05) is 6.07 Å². The lowest BCUT2D eigenvalue weighted by Crippen LogP contribution is -2.25. The molecule has 2 rings (SSSR count). The Morgan fingerprint density at radius 3 is 2.37 bits per heavy atom. The molecule has 8 heteroatoms. The Morgan fingerprint density at radius 2 is 1.78 bits per heavy atom. The quantitative estimate of drug-likeness (QED) is 0.735. The highest BCUT2D eigenvalue weighted by molar-refractivity contribution is 5.42. The highest BCUT2D eigenvalue weighted by Crippen LogP contribution is 2.32. The fourth-order valence-corrected chi connectivity index (χ4v) is 2.84. The van der Waals surface area contributed by atoms with E-state index in [1.807, 2.05) is 6.07 Å². The van der Waals surface area contributed by atoms with Gasteiger partial charge in [0.2, 0.25) is 0 Å². The number of nitrogens with zero attached hydrogens (tertiary/aromatic N) is 1. The van der Waals surface area contributed by atoms with Crippen molar-refractivity contribution < 1.29 is 27.8 Å². The molecule has 0 saturated heterocycles. The molecule has 1 aromatic carbocycles. The Bertz CT molecular complexity index is 832. The van der Waals surface area contributed by atoms with Gasteiger partial charge in [0.15, 0.2) is 11.5 Å². The van der Waals surface area contributed by atoms with Crippen LogP contribution in [0.2, 0.25) is 0 Å². The van der Waals surface area contributed by atoms with E-state index in [1.165, 1.54) is 25.0 Å². The Morgan fingerprint density at radius 1 is 1.07 bits per heavy atom. The van der Waals surface area contributed by atoms with Crippen molar-refractivity contribution in [2.45, 2.75) is 32.0 Å². The van der Waals surface area contributed by atoms with E-state index in [9.17, 15) is 13.2 Å². The monoisotopic (exact) mass is 384 g/mol. The maximum absolute atomic E-state index is 13.2. The van der Waals surface area contributed by atoms with Crippen LogP contribution in [0.5, 0.6) is 11.5 Å². The molecule has 2 N–H and O–H groups in total. The van der Waals surface area contributed by atoms with Crippen molar-refractivity contribution in [1.29, 1.82) is 5.41 Å². The Kier molecular flexibility index (Phi) is 6.90. The Labute approximate surface area is 155 Å². The summed E-state index contributed by atoms with van der Waals surface area (Å²) < 4.78 is 51.6. The Hall–Kier alpha value is -2.48. The number of halogens is 3. The second kappa shape index (κ2) is 8.94. The molecule has 0 spiro atoms. The van der Waals surface area contributed by atoms with Crippen molar-refractivity contribution in [3.63, 3.8) is 0 Å². The topological polar surface area (TPSA) is 67.5 Å². The number of nitrogens with one attached hydrogen (secondary N) is 1. The normalized spacial score (nSPS) is 11.5. The number of alkyl halides is 3. The van der Waals surface area contributed by atoms with Gasteiger partial charge in [0.05, 0.1) is 19.8 Å². The van der Waals surface area contributed by atoms with E-state index in [4.69, 9.17) is 20.0 Å². The summed E-state index contributed by atoms with van der Waals surface area (Å²) in [6.07, 6.45) is -2.32. The van der Waals surface area contributed by atoms with E-state index in [-0.39, 0.29) is 30.5 Å². The minimum absolute atomic E-state index is 0.0832. The molecule has 27 heavy (non-hydrogen) atoms. The van der Waals surface area contributed by atoms with Gasteiger partial charge < -0.3 is 19.1 Å². The summed E-state index contributed by atoms with van der Waals surface area (Å²) in [7, 11) is 3.07. The number of ether oxygens (including phenoxy) is 2. The van der Waals surface area contributed by atoms with Gasteiger partial charge in [-0.2, -0.15) is 13.2 Å². The number of methoxy groups -OCH3 is 2. The molecule has 0 atom stereocenters. The maximum Gasteiger partial charge on any atom is 0.416 e. The molecule has 1 heterocycles. The summed E-state index contributed by atoms with van der Waals surface area (Å²) in [5, 5.41) is 16.9. The van der Waals surface area contributed by atoms with Crippen LogP contribution in [0, 0.1) is 5.41 Å². The average molecular weight is 384 g/mol. The molecule has 148 valence electrons. The number of hydrogen-bond donors (Lipinski definition) is 2. The van der Waals surface area contributed by atoms with Gasteiger partial charge >= 0.3 is 6.18 Å². The van der Waals surface area contributed by atoms with Crippen LogP contribution in [0.1, 0.15) is 23.1 Å². The second-order valence-electron chi connectivity index (χ2n) is 6.06. The van der Waals surface area contributed by atoms with E-state index in [0.29, 0.717) is 24.5 Å². The molecule has 0 saturated carbocycles. The van der Waals surface area contributed by atoms with Gasteiger partial charge in [0, 0.05) is 19.3 Å². The van der Waals surface area contributed by atoms with Crippen molar-refractivity contribution in [1.82, 2.24) is 4.57 Å². The predicted molar refractivity (Wildman–Crippen MR) is 93.9 cm³/mol. The fraction of sp³-hybridized carbons (Fsp3) is 0.421. The summed E-state index contributed by atoms with van der Waals surface area (Å²) in [6, 6.07) is 6.27. The molecule has 0 unspecified atom stereocenters. The first-order valence-corrected chi connectivity index (χ1v) is 8.47. The Balaban J connectivity index is 2.27. The molecular weight excluding hydrogens is 361 g/mol. The van der Waals surface area contributed by atoms with Crippen LogP contribution in [0.15, 0.2) is 30.5 Å². The van der Waals surface area contributed by atoms with Crippen molar-refractivity contribution >= 4 is 0 Å². The molecule has 2 aromatic rings. The van der Waals surface area contributed by atoms with Crippen LogP contribution < -0.4 is 15.0 Å². The first kappa shape index (κ1) is 20.8. The molecular formula is C19H23F3N2O3. The first-order valence-electron chi connectivity index (χ1n) is 8.47. The van der Waals surface area contributed by atoms with Crippen LogP contribution in [-0.2, 0) is 25.6 Å². The van der Waals surface area contributed by atoms with Gasteiger partial charge in [-0.05, 0) is 48.6 Å². The van der Waals surface area contributed by atoms with Crippen LogP contribution in [0.25, 0.3) is 0 Å². The van der Waals surface area contributed by atoms with Gasteiger partial charge in [-0.25, -0.2) is 0 Å². The van der Waals surface area contributed by atoms with E-state index >= 15 is 0 Å². The van der Waals surface area contributed by atoms with Crippen LogP contribution in [0.3, 0.4) is 0 Å². The highest BCUT2D eigenvalue weighted by Gasteiger charge is 2.33. The van der Waals surface area contributed by atoms with Gasteiger partial charge in [0.25, 0.3) is 0 Å². The number of pyridine rings is 1. The van der Waals surface area contributed by atoms with Crippen molar-refractivity contribution in [3.05, 3.63) is 52.6 Å². The van der Waals surface area contributed by atoms with Crippen LogP contribution >= 0.6 is 0 Å². The number of hydrogen-bond acceptors (Lipinski definition) is 4. The van der Waals surface area contributed by atoms with Gasteiger partial charge in [-0.3, -0.25) is 5.41 Å². The van der Waals surface area contributed by atoms with Gasteiger partial charge in [0.1, 0.15) is 5.49 Å². The first-order chi connectivity index (χ1) is 12.8. The number of benzene rings is 1. The lowest BCUT2D eigenvalue weighted by molar-refractivity contribution is -0.138. The fourth-order valence-electron chi connectivity index (χ4n) is 2.84. The lowest BCUT2D eigenvalue weighted by atomic mass is 10.0. The smallest absolute Gasteiger partial charge is 0.416 e. The zero-order valence-corrected chi connectivity index (χ0v) is 15.3. The zero-order chi connectivity index (χ0) is 20.0. The van der Waals surface area contributed by atoms with E-state index in [0.717, 1.165) is 11.6 Å². The minimum Gasteiger partial charge on any atom is -0.493 e. The number of aromatic nitrogens is 1. The number of aryl methyl sites for hydroxylation is 3. The standard InChI is InChI=1S/C19H23F3N2O3/c1-26-16-6-5-13(10-17(16)27-2)7-8-24-12-14(4-3-9-25)15(11-18(24)23)19(20,21)22/h5-6,10-12,23,25H,3-4,7-9H2,1-2H3. The molecule has 0 aliphatic rings. The molecule has 0 amide bonds. The molecule has 1 aromatic heterocycles. The third-order valence-electron chi connectivity index (χ3n) is 4.25. The third kappa shape index (κ3) is 5.26. The van der Waals surface area contributed by atoms with E-state index < -0.39 is 11.7 Å². The SMILES string of the molecule is COc1ccc(CCn2cc(CCCO)c(C(F)(F)F)cc2=N)cc1OC. The van der Waals surface area contributed by atoms with E-state index in [2.05, 4.69) is 0 Å². The lowest BCUT2D eigenvalue weighted by Gasteiger charge is -2.16. The number of aliphatic hydroxyl groups is 1. The largest absolute Gasteiger partial charge is 0.493 e. The number of aliphatic hydroxyl groups excluding tert-OH is 1. The molecule has 0 aliphatic carbocycles. The molecule has 5 nitrogen and oxygen atoms in total. The maximum atomic E-state index is 13.2. The molecule has 0 fully saturated rings. The van der Waals surface area contributed by atoms with Crippen molar-refractivity contribution in [2.24, 2.45) is 0 Å². The van der Waals surface area contributed by atoms with Crippen molar-refractivity contribution in [2.75, 3.05) is 20.8 Å².